The third kappa shape index (κ3) is 5.02. The van der Waals surface area contributed by atoms with Gasteiger partial charge in [-0.3, -0.25) is 5.41 Å². The second-order valence-corrected chi connectivity index (χ2v) is 6.96. The summed E-state index contributed by atoms with van der Waals surface area (Å²) in [5, 5.41) is 16.8. The fourth-order valence-corrected chi connectivity index (χ4v) is 3.30. The predicted octanol–water partition coefficient (Wildman–Crippen LogP) is 5.08. The highest BCUT2D eigenvalue weighted by Crippen LogP contribution is 2.15. The molecule has 0 aliphatic carbocycles. The first-order valence-electron chi connectivity index (χ1n) is 8.49. The van der Waals surface area contributed by atoms with Crippen LogP contribution < -0.4 is 10.6 Å². The molecular formula is C21H23N3S. The van der Waals surface area contributed by atoms with Crippen LogP contribution in [0.3, 0.4) is 0 Å². The van der Waals surface area contributed by atoms with Gasteiger partial charge in [0.25, 0.3) is 0 Å². The van der Waals surface area contributed by atoms with E-state index in [1.54, 1.807) is 11.3 Å². The molecule has 0 bridgehead atoms. The molecule has 3 nitrogen and oxygen atoms in total. The lowest BCUT2D eigenvalue weighted by Crippen LogP contribution is -2.21. The molecule has 0 aliphatic heterocycles. The van der Waals surface area contributed by atoms with Crippen molar-refractivity contribution in [1.29, 1.82) is 5.41 Å². The maximum absolute atomic E-state index is 8.07. The van der Waals surface area contributed by atoms with E-state index >= 15 is 0 Å². The van der Waals surface area contributed by atoms with Gasteiger partial charge in [-0.2, -0.15) is 0 Å². The number of amidine groups is 1. The molecule has 1 heterocycles. The minimum atomic E-state index is 0.355. The Balaban J connectivity index is 1.47. The molecule has 3 aromatic rings. The first-order valence-corrected chi connectivity index (χ1v) is 9.37. The van der Waals surface area contributed by atoms with Crippen molar-refractivity contribution < 1.29 is 0 Å². The van der Waals surface area contributed by atoms with Crippen LogP contribution in [-0.4, -0.2) is 12.4 Å². The van der Waals surface area contributed by atoms with E-state index in [1.165, 1.54) is 11.1 Å². The minimum absolute atomic E-state index is 0.355. The molecule has 0 radical (unpaired) electrons. The Kier molecular flexibility index (Phi) is 5.99. The third-order valence-corrected chi connectivity index (χ3v) is 5.04. The molecule has 0 fully saturated rings. The zero-order valence-electron chi connectivity index (χ0n) is 14.3. The van der Waals surface area contributed by atoms with Crippen molar-refractivity contribution in [2.24, 2.45) is 0 Å². The number of rotatable bonds is 7. The summed E-state index contributed by atoms with van der Waals surface area (Å²) < 4.78 is 0. The molecule has 128 valence electrons. The fraction of sp³-hybridized carbons (Fsp3) is 0.190. The van der Waals surface area contributed by atoms with E-state index in [0.717, 1.165) is 23.5 Å². The zero-order chi connectivity index (χ0) is 17.5. The summed E-state index contributed by atoms with van der Waals surface area (Å²) in [6.07, 6.45) is 0.986. The number of benzene rings is 2. The fourth-order valence-electron chi connectivity index (χ4n) is 2.67. The molecular weight excluding hydrogens is 326 g/mol. The van der Waals surface area contributed by atoms with Crippen molar-refractivity contribution in [3.8, 4) is 0 Å². The van der Waals surface area contributed by atoms with E-state index in [1.807, 2.05) is 35.7 Å². The second-order valence-electron chi connectivity index (χ2n) is 6.01. The van der Waals surface area contributed by atoms with Crippen LogP contribution in [0.4, 0.5) is 5.69 Å². The molecule has 1 atom stereocenters. The average molecular weight is 350 g/mol. The first kappa shape index (κ1) is 17.4. The van der Waals surface area contributed by atoms with Crippen LogP contribution in [0.2, 0.25) is 0 Å². The Morgan fingerprint density at radius 1 is 1.00 bits per heavy atom. The van der Waals surface area contributed by atoms with E-state index in [4.69, 9.17) is 5.41 Å². The maximum Gasteiger partial charge on any atom is 0.140 e. The molecule has 25 heavy (non-hydrogen) atoms. The van der Waals surface area contributed by atoms with Gasteiger partial charge < -0.3 is 10.6 Å². The summed E-state index contributed by atoms with van der Waals surface area (Å²) in [6.45, 7) is 3.13. The van der Waals surface area contributed by atoms with Crippen LogP contribution in [0.5, 0.6) is 0 Å². The van der Waals surface area contributed by atoms with Crippen molar-refractivity contribution in [3.05, 3.63) is 88.1 Å². The van der Waals surface area contributed by atoms with Gasteiger partial charge in [0.1, 0.15) is 5.84 Å². The predicted molar refractivity (Wildman–Crippen MR) is 108 cm³/mol. The summed E-state index contributed by atoms with van der Waals surface area (Å²) in [6, 6.07) is 23.1. The standard InChI is InChI=1S/C21H23N3S/c1-16(18-6-3-2-4-7-18)23-14-13-17-9-11-19(12-10-17)24-21(22)20-8-5-15-25-20/h2-12,15-16,23H,13-14H2,1H3,(H2,22,24)/t16-/m1/s1. The third-order valence-electron chi connectivity index (χ3n) is 4.15. The van der Waals surface area contributed by atoms with Gasteiger partial charge in [0, 0.05) is 11.7 Å². The zero-order valence-corrected chi connectivity index (χ0v) is 15.1. The Morgan fingerprint density at radius 3 is 2.44 bits per heavy atom. The van der Waals surface area contributed by atoms with Crippen molar-refractivity contribution in [2.75, 3.05) is 11.9 Å². The van der Waals surface area contributed by atoms with Crippen LogP contribution in [0.25, 0.3) is 0 Å². The molecule has 3 rings (SSSR count). The lowest BCUT2D eigenvalue weighted by molar-refractivity contribution is 0.577. The number of anilines is 1. The molecule has 3 N–H and O–H groups in total. The lowest BCUT2D eigenvalue weighted by Gasteiger charge is -2.14. The number of hydrogen-bond donors (Lipinski definition) is 3. The quantitative estimate of drug-likeness (QED) is 0.411. The topological polar surface area (TPSA) is 47.9 Å². The Bertz CT molecular complexity index is 780. The second kappa shape index (κ2) is 8.60. The Morgan fingerprint density at radius 2 is 1.76 bits per heavy atom. The average Bonchev–Trinajstić information content (AvgIpc) is 3.19. The minimum Gasteiger partial charge on any atom is -0.340 e. The lowest BCUT2D eigenvalue weighted by atomic mass is 10.1. The van der Waals surface area contributed by atoms with Gasteiger partial charge in [0.15, 0.2) is 0 Å². The van der Waals surface area contributed by atoms with Crippen molar-refractivity contribution in [2.45, 2.75) is 19.4 Å². The van der Waals surface area contributed by atoms with E-state index < -0.39 is 0 Å². The molecule has 4 heteroatoms. The molecule has 0 aliphatic rings. The van der Waals surface area contributed by atoms with Crippen LogP contribution in [-0.2, 0) is 6.42 Å². The SMILES string of the molecule is C[C@@H](NCCc1ccc(NC(=N)c2cccs2)cc1)c1ccccc1. The maximum atomic E-state index is 8.07. The first-order chi connectivity index (χ1) is 12.2. The molecule has 0 spiro atoms. The Hall–Kier alpha value is -2.43. The summed E-state index contributed by atoms with van der Waals surface area (Å²) in [5.74, 6) is 0.445. The summed E-state index contributed by atoms with van der Waals surface area (Å²) in [4.78, 5) is 0.947. The van der Waals surface area contributed by atoms with Crippen LogP contribution in [0.15, 0.2) is 72.1 Å². The van der Waals surface area contributed by atoms with Gasteiger partial charge in [0.2, 0.25) is 0 Å². The number of hydrogen-bond acceptors (Lipinski definition) is 3. The van der Waals surface area contributed by atoms with E-state index in [-0.39, 0.29) is 0 Å². The highest BCUT2D eigenvalue weighted by Gasteiger charge is 2.05. The van der Waals surface area contributed by atoms with Gasteiger partial charge in [-0.05, 0) is 54.6 Å². The van der Waals surface area contributed by atoms with Gasteiger partial charge in [-0.15, -0.1) is 11.3 Å². The van der Waals surface area contributed by atoms with Crippen molar-refractivity contribution >= 4 is 22.9 Å². The molecule has 0 unspecified atom stereocenters. The van der Waals surface area contributed by atoms with Crippen LogP contribution in [0, 0.1) is 5.41 Å². The van der Waals surface area contributed by atoms with Crippen molar-refractivity contribution in [1.82, 2.24) is 5.32 Å². The smallest absolute Gasteiger partial charge is 0.140 e. The number of nitrogens with one attached hydrogen (secondary N) is 3. The van der Waals surface area contributed by atoms with E-state index in [2.05, 4.69) is 54.0 Å². The molecule has 0 saturated carbocycles. The van der Waals surface area contributed by atoms with Gasteiger partial charge in [0.05, 0.1) is 4.88 Å². The van der Waals surface area contributed by atoms with E-state index in [0.29, 0.717) is 11.9 Å². The molecule has 2 aromatic carbocycles. The summed E-state index contributed by atoms with van der Waals surface area (Å²) in [7, 11) is 0. The van der Waals surface area contributed by atoms with E-state index in [9.17, 15) is 0 Å². The highest BCUT2D eigenvalue weighted by atomic mass is 32.1. The Labute approximate surface area is 153 Å². The largest absolute Gasteiger partial charge is 0.340 e. The summed E-state index contributed by atoms with van der Waals surface area (Å²) in [5.41, 5.74) is 3.56. The van der Waals surface area contributed by atoms with Gasteiger partial charge >= 0.3 is 0 Å². The highest BCUT2D eigenvalue weighted by molar-refractivity contribution is 7.12. The molecule has 0 saturated heterocycles. The van der Waals surface area contributed by atoms with Gasteiger partial charge in [-0.25, -0.2) is 0 Å². The summed E-state index contributed by atoms with van der Waals surface area (Å²) >= 11 is 1.57. The number of thiophene rings is 1. The molecule has 1 aromatic heterocycles. The van der Waals surface area contributed by atoms with Crippen LogP contribution in [0.1, 0.15) is 29.0 Å². The van der Waals surface area contributed by atoms with Crippen molar-refractivity contribution in [3.63, 3.8) is 0 Å². The molecule has 0 amide bonds. The monoisotopic (exact) mass is 349 g/mol. The van der Waals surface area contributed by atoms with Crippen LogP contribution >= 0.6 is 11.3 Å². The van der Waals surface area contributed by atoms with Gasteiger partial charge in [-0.1, -0.05) is 48.5 Å². The normalized spacial score (nSPS) is 11.9.